The van der Waals surface area contributed by atoms with Crippen LogP contribution in [0.1, 0.15) is 20.8 Å². The highest BCUT2D eigenvalue weighted by Crippen LogP contribution is 1.50. The summed E-state index contributed by atoms with van der Waals surface area (Å²) in [7, 11) is 0. The van der Waals surface area contributed by atoms with Crippen molar-refractivity contribution in [2.24, 2.45) is 27.7 Å². The molecule has 2 unspecified atom stereocenters. The summed E-state index contributed by atoms with van der Waals surface area (Å²) in [6, 6.07) is 0. The van der Waals surface area contributed by atoms with E-state index in [-0.39, 0.29) is 27.1 Å². The molecule has 16 heavy (non-hydrogen) atoms. The lowest BCUT2D eigenvalue weighted by molar-refractivity contribution is 0.202. The minimum Gasteiger partial charge on any atom is -0.420 e. The van der Waals surface area contributed by atoms with Crippen molar-refractivity contribution in [3.63, 3.8) is 0 Å². The summed E-state index contributed by atoms with van der Waals surface area (Å²) in [5.74, 6) is 1.99. The van der Waals surface area contributed by atoms with Crippen molar-refractivity contribution in [1.82, 2.24) is 0 Å². The quantitative estimate of drug-likeness (QED) is 0.173. The SMILES string of the molecule is CC(N)N.CC(N)O.CC(N)O.O.[CH3][Al][NH2]. The van der Waals surface area contributed by atoms with Gasteiger partial charge in [0.2, 0.25) is 0 Å². The van der Waals surface area contributed by atoms with Crippen LogP contribution in [-0.4, -0.2) is 49.8 Å². The molecule has 103 valence electrons. The van der Waals surface area contributed by atoms with Crippen molar-refractivity contribution in [2.45, 2.75) is 45.2 Å². The van der Waals surface area contributed by atoms with E-state index in [9.17, 15) is 0 Å². The standard InChI is InChI=1S/C2H8N2.2C2H7NO.CH3.Al.H2N.H2O/c3*1-2(3)4;;;;/h2H,3-4H2,1H3;2*2,4H,3H2,1H3;1H3;;2*1H2/q;;;;+1;-1;. The third kappa shape index (κ3) is 55000. The Bertz CT molecular complexity index is 65.9. The van der Waals surface area contributed by atoms with Gasteiger partial charge in [0, 0.05) is 6.17 Å². The minimum absolute atomic E-state index is 0. The number of rotatable bonds is 0. The van der Waals surface area contributed by atoms with Gasteiger partial charge in [0.15, 0.2) is 0 Å². The maximum Gasteiger partial charge on any atom is 0.313 e. The Kier molecular flexibility index (Phi) is 55.0. The van der Waals surface area contributed by atoms with Gasteiger partial charge < -0.3 is 43.3 Å². The molecule has 0 bridgehead atoms. The molecular formula is C7H29AlN5O3. The van der Waals surface area contributed by atoms with Crippen LogP contribution in [0.25, 0.3) is 0 Å². The van der Waals surface area contributed by atoms with Crippen LogP contribution < -0.4 is 27.7 Å². The van der Waals surface area contributed by atoms with Gasteiger partial charge in [-0.2, -0.15) is 0 Å². The number of aliphatic hydroxyl groups is 2. The zero-order chi connectivity index (χ0) is 13.4. The smallest absolute Gasteiger partial charge is 0.313 e. The Labute approximate surface area is 104 Å². The fourth-order valence-electron chi connectivity index (χ4n) is 0. The first-order valence-corrected chi connectivity index (χ1v) is 6.31. The molecule has 0 aliphatic rings. The predicted octanol–water partition coefficient (Wildman–Crippen LogP) is -3.40. The van der Waals surface area contributed by atoms with Gasteiger partial charge in [-0.25, -0.2) is 0 Å². The molecule has 9 heteroatoms. The molecule has 0 aromatic rings. The summed E-state index contributed by atoms with van der Waals surface area (Å²) in [5.41, 5.74) is 19.1. The highest BCUT2D eigenvalue weighted by Gasteiger charge is 1.68. The van der Waals surface area contributed by atoms with Gasteiger partial charge >= 0.3 is 15.4 Å². The van der Waals surface area contributed by atoms with E-state index in [1.165, 1.54) is 13.8 Å². The molecule has 1 radical (unpaired) electrons. The van der Waals surface area contributed by atoms with E-state index in [1.54, 1.807) is 6.92 Å². The van der Waals surface area contributed by atoms with E-state index in [1.807, 2.05) is 5.79 Å². The van der Waals surface area contributed by atoms with Crippen LogP contribution in [0.15, 0.2) is 0 Å². The minimum atomic E-state index is -0.667. The average molecular weight is 258 g/mol. The van der Waals surface area contributed by atoms with Crippen LogP contribution in [0.2, 0.25) is 5.79 Å². The number of hydrogen-bond acceptors (Lipinski definition) is 7. The summed E-state index contributed by atoms with van der Waals surface area (Å²) in [5, 5.41) is 15.7. The molecule has 8 nitrogen and oxygen atoms in total. The summed E-state index contributed by atoms with van der Waals surface area (Å²) in [4.78, 5) is 0. The summed E-state index contributed by atoms with van der Waals surface area (Å²) in [6.07, 6.45) is -1.50. The topological polar surface area (TPSA) is 202 Å². The van der Waals surface area contributed by atoms with Gasteiger partial charge in [0.05, 0.1) is 12.5 Å². The zero-order valence-electron chi connectivity index (χ0n) is 10.6. The number of hydrogen-bond donors (Lipinski definition) is 7. The van der Waals surface area contributed by atoms with Crippen LogP contribution in [0.3, 0.4) is 0 Å². The third-order valence-corrected chi connectivity index (χ3v) is 0. The molecular weight excluding hydrogens is 229 g/mol. The van der Waals surface area contributed by atoms with Crippen molar-refractivity contribution in [3.05, 3.63) is 0 Å². The molecule has 0 heterocycles. The average Bonchev–Trinajstić information content (AvgIpc) is 1.81. The van der Waals surface area contributed by atoms with E-state index in [0.717, 1.165) is 0 Å². The third-order valence-electron chi connectivity index (χ3n) is 0. The lowest BCUT2D eigenvalue weighted by Crippen LogP contribution is -2.25. The summed E-state index contributed by atoms with van der Waals surface area (Å²) >= 11 is 0.250. The Morgan fingerprint density at radius 1 is 0.875 bits per heavy atom. The maximum absolute atomic E-state index is 7.83. The van der Waals surface area contributed by atoms with E-state index >= 15 is 0 Å². The fraction of sp³-hybridized carbons (Fsp3) is 1.00. The lowest BCUT2D eigenvalue weighted by atomic mass is 10.7. The molecule has 0 amide bonds. The summed E-state index contributed by atoms with van der Waals surface area (Å²) < 4.78 is 4.93. The maximum atomic E-state index is 7.83. The molecule has 0 fully saturated rings. The molecule has 2 atom stereocenters. The molecule has 0 aromatic heterocycles. The normalized spacial score (nSPS) is 11.0. The zero-order valence-corrected chi connectivity index (χ0v) is 11.7. The van der Waals surface area contributed by atoms with E-state index < -0.39 is 12.5 Å². The van der Waals surface area contributed by atoms with Crippen molar-refractivity contribution in [3.8, 4) is 0 Å². The van der Waals surface area contributed by atoms with Gasteiger partial charge in [-0.05, 0) is 20.8 Å². The predicted molar refractivity (Wildman–Crippen MR) is 69.0 cm³/mol. The van der Waals surface area contributed by atoms with Crippen LogP contribution >= 0.6 is 0 Å². The Morgan fingerprint density at radius 2 is 0.875 bits per heavy atom. The second kappa shape index (κ2) is 29.5. The molecule has 0 aliphatic heterocycles. The van der Waals surface area contributed by atoms with Crippen LogP contribution in [0, 0.1) is 0 Å². The fourth-order valence-corrected chi connectivity index (χ4v) is 0. The molecule has 0 saturated heterocycles. The van der Waals surface area contributed by atoms with Crippen molar-refractivity contribution >= 4 is 15.4 Å². The Balaban J connectivity index is -0.0000000331. The monoisotopic (exact) mass is 258 g/mol. The van der Waals surface area contributed by atoms with Crippen LogP contribution in [0.5, 0.6) is 0 Å². The molecule has 14 N–H and O–H groups in total. The van der Waals surface area contributed by atoms with Gasteiger partial charge in [-0.15, -0.1) is 0 Å². The van der Waals surface area contributed by atoms with Gasteiger partial charge in [0.25, 0.3) is 0 Å². The summed E-state index contributed by atoms with van der Waals surface area (Å²) in [6.45, 7) is 4.72. The van der Waals surface area contributed by atoms with Gasteiger partial charge in [-0.3, -0.25) is 0 Å². The van der Waals surface area contributed by atoms with Crippen LogP contribution in [-0.2, 0) is 0 Å². The lowest BCUT2D eigenvalue weighted by Gasteiger charge is -1.83. The molecule has 0 spiro atoms. The van der Waals surface area contributed by atoms with E-state index in [0.29, 0.717) is 0 Å². The van der Waals surface area contributed by atoms with Crippen LogP contribution in [0.4, 0.5) is 0 Å². The number of aliphatic hydroxyl groups excluding tert-OH is 2. The Morgan fingerprint density at radius 3 is 0.875 bits per heavy atom. The van der Waals surface area contributed by atoms with Crippen molar-refractivity contribution in [2.75, 3.05) is 0 Å². The van der Waals surface area contributed by atoms with Gasteiger partial charge in [0.1, 0.15) is 0 Å². The van der Waals surface area contributed by atoms with E-state index in [2.05, 4.69) is 11.5 Å². The first-order valence-electron chi connectivity index (χ1n) is 4.49. The Hall–Kier alpha value is 0.212. The molecule has 0 aromatic carbocycles. The highest BCUT2D eigenvalue weighted by atomic mass is 27.1. The highest BCUT2D eigenvalue weighted by molar-refractivity contribution is 6.28. The second-order valence-corrected chi connectivity index (χ2v) is 3.34. The van der Waals surface area contributed by atoms with Crippen molar-refractivity contribution < 1.29 is 15.7 Å². The first kappa shape index (κ1) is 29.8. The molecule has 0 saturated carbocycles. The van der Waals surface area contributed by atoms with Crippen molar-refractivity contribution in [1.29, 1.82) is 0 Å². The molecule has 0 aliphatic carbocycles. The number of nitrogens with two attached hydrogens (primary N) is 5. The van der Waals surface area contributed by atoms with E-state index in [4.69, 9.17) is 26.4 Å². The second-order valence-electron chi connectivity index (χ2n) is 2.67. The van der Waals surface area contributed by atoms with Gasteiger partial charge in [-0.1, -0.05) is 5.79 Å². The molecule has 0 rings (SSSR count). The largest absolute Gasteiger partial charge is 0.420 e. The first-order chi connectivity index (χ1) is 6.61.